The van der Waals surface area contributed by atoms with Crippen LogP contribution in [-0.2, 0) is 6.61 Å². The lowest BCUT2D eigenvalue weighted by atomic mass is 10.1. The first-order valence-electron chi connectivity index (χ1n) is 9.00. The summed E-state index contributed by atoms with van der Waals surface area (Å²) in [6.45, 7) is 2.23. The van der Waals surface area contributed by atoms with Gasteiger partial charge >= 0.3 is 0 Å². The van der Waals surface area contributed by atoms with Crippen molar-refractivity contribution in [3.8, 4) is 11.5 Å². The third-order valence-electron chi connectivity index (χ3n) is 4.38. The van der Waals surface area contributed by atoms with Crippen LogP contribution < -0.4 is 9.47 Å². The number of methoxy groups -OCH3 is 1. The Hall–Kier alpha value is -3.11. The molecule has 0 spiro atoms. The molecule has 0 bridgehead atoms. The molecule has 5 heteroatoms. The van der Waals surface area contributed by atoms with Gasteiger partial charge in [-0.15, -0.1) is 0 Å². The van der Waals surface area contributed by atoms with Crippen molar-refractivity contribution in [1.29, 1.82) is 0 Å². The highest BCUT2D eigenvalue weighted by Gasteiger charge is 2.08. The number of hydrogen-bond acceptors (Lipinski definition) is 3. The number of allylic oxidation sites excluding steroid dienone is 1. The van der Waals surface area contributed by atoms with Crippen molar-refractivity contribution >= 4 is 23.5 Å². The van der Waals surface area contributed by atoms with Gasteiger partial charge in [0.05, 0.1) is 7.11 Å². The molecule has 0 aromatic heterocycles. The molecule has 0 saturated heterocycles. The Morgan fingerprint density at radius 1 is 1.03 bits per heavy atom. The lowest BCUT2D eigenvalue weighted by Gasteiger charge is -2.13. The minimum atomic E-state index is -0.374. The van der Waals surface area contributed by atoms with Gasteiger partial charge in [-0.05, 0) is 78.7 Å². The van der Waals surface area contributed by atoms with Gasteiger partial charge in [-0.1, -0.05) is 23.7 Å². The van der Waals surface area contributed by atoms with Gasteiger partial charge in [0.25, 0.3) is 0 Å². The van der Waals surface area contributed by atoms with E-state index in [1.165, 1.54) is 30.3 Å². The van der Waals surface area contributed by atoms with E-state index >= 15 is 0 Å². The minimum absolute atomic E-state index is 0.199. The number of ether oxygens (including phenoxy) is 2. The molecule has 0 aliphatic carbocycles. The Bertz CT molecular complexity index is 1040. The van der Waals surface area contributed by atoms with E-state index in [4.69, 9.17) is 21.1 Å². The first kappa shape index (κ1) is 20.6. The highest BCUT2D eigenvalue weighted by atomic mass is 35.5. The summed E-state index contributed by atoms with van der Waals surface area (Å²) in [6.07, 6.45) is 3.17. The van der Waals surface area contributed by atoms with Crippen LogP contribution >= 0.6 is 11.6 Å². The number of ketones is 1. The number of carbonyl (C=O) groups is 1. The van der Waals surface area contributed by atoms with E-state index in [2.05, 4.69) is 0 Å². The summed E-state index contributed by atoms with van der Waals surface area (Å²) in [5.74, 6) is 0.860. The molecule has 0 N–H and O–H groups in total. The summed E-state index contributed by atoms with van der Waals surface area (Å²) in [5, 5.41) is 0.658. The van der Waals surface area contributed by atoms with Crippen LogP contribution in [0.15, 0.2) is 66.7 Å². The Morgan fingerprint density at radius 2 is 1.76 bits per heavy atom. The predicted molar refractivity (Wildman–Crippen MR) is 113 cm³/mol. The highest BCUT2D eigenvalue weighted by Crippen LogP contribution is 2.26. The van der Waals surface area contributed by atoms with Crippen LogP contribution in [0.4, 0.5) is 4.39 Å². The maximum atomic E-state index is 13.0. The van der Waals surface area contributed by atoms with Crippen molar-refractivity contribution in [1.82, 2.24) is 0 Å². The molecule has 3 aromatic rings. The SMILES string of the molecule is COc1ccc(/C=C/C(=O)c2ccc(F)cc2)cc1COc1ccc(Cl)cc1C. The van der Waals surface area contributed by atoms with Gasteiger partial charge in [0.1, 0.15) is 23.9 Å². The van der Waals surface area contributed by atoms with E-state index in [9.17, 15) is 9.18 Å². The molecule has 0 fully saturated rings. The van der Waals surface area contributed by atoms with Crippen molar-refractivity contribution in [2.45, 2.75) is 13.5 Å². The summed E-state index contributed by atoms with van der Waals surface area (Å²) in [7, 11) is 1.60. The van der Waals surface area contributed by atoms with Crippen molar-refractivity contribution in [3.05, 3.63) is 99.8 Å². The molecule has 0 saturated carbocycles. The van der Waals surface area contributed by atoms with E-state index in [1.807, 2.05) is 37.3 Å². The van der Waals surface area contributed by atoms with Gasteiger partial charge in [-0.25, -0.2) is 4.39 Å². The normalized spacial score (nSPS) is 10.9. The second-order valence-electron chi connectivity index (χ2n) is 6.47. The summed E-state index contributed by atoms with van der Waals surface area (Å²) in [5.41, 5.74) is 3.04. The maximum absolute atomic E-state index is 13.0. The summed E-state index contributed by atoms with van der Waals surface area (Å²) >= 11 is 5.99. The molecular weight excluding hydrogens is 391 g/mol. The van der Waals surface area contributed by atoms with Crippen LogP contribution in [0.5, 0.6) is 11.5 Å². The number of hydrogen-bond donors (Lipinski definition) is 0. The Balaban J connectivity index is 1.75. The van der Waals surface area contributed by atoms with Crippen LogP contribution in [0.2, 0.25) is 5.02 Å². The fraction of sp³-hybridized carbons (Fsp3) is 0.125. The molecule has 3 aromatic carbocycles. The summed E-state index contributed by atoms with van der Waals surface area (Å²) in [6, 6.07) is 16.5. The molecule has 0 aliphatic heterocycles. The standard InChI is InChI=1S/C24H20ClFO3/c1-16-13-20(25)7-12-23(16)29-15-19-14-17(4-11-24(19)28-2)3-10-22(27)18-5-8-21(26)9-6-18/h3-14H,15H2,1-2H3/b10-3+. The minimum Gasteiger partial charge on any atom is -0.496 e. The predicted octanol–water partition coefficient (Wildman–Crippen LogP) is 6.27. The Kier molecular flexibility index (Phi) is 6.68. The van der Waals surface area contributed by atoms with Gasteiger partial charge in [0, 0.05) is 16.1 Å². The second kappa shape index (κ2) is 9.39. The second-order valence-corrected chi connectivity index (χ2v) is 6.91. The Morgan fingerprint density at radius 3 is 2.45 bits per heavy atom. The van der Waals surface area contributed by atoms with Gasteiger partial charge in [0.2, 0.25) is 0 Å². The molecule has 0 unspecified atom stereocenters. The lowest BCUT2D eigenvalue weighted by molar-refractivity contribution is 0.104. The molecule has 0 radical (unpaired) electrons. The fourth-order valence-electron chi connectivity index (χ4n) is 2.83. The lowest BCUT2D eigenvalue weighted by Crippen LogP contribution is -2.00. The molecule has 0 aliphatic rings. The third-order valence-corrected chi connectivity index (χ3v) is 4.62. The van der Waals surface area contributed by atoms with Crippen LogP contribution in [0.25, 0.3) is 6.08 Å². The van der Waals surface area contributed by atoms with E-state index in [-0.39, 0.29) is 11.6 Å². The Labute approximate surface area is 174 Å². The molecule has 0 amide bonds. The van der Waals surface area contributed by atoms with Crippen molar-refractivity contribution in [2.75, 3.05) is 7.11 Å². The zero-order valence-electron chi connectivity index (χ0n) is 16.1. The molecular formula is C24H20ClFO3. The molecule has 0 atom stereocenters. The zero-order chi connectivity index (χ0) is 20.8. The van der Waals surface area contributed by atoms with E-state index in [0.29, 0.717) is 22.9 Å². The van der Waals surface area contributed by atoms with Gasteiger partial charge in [-0.2, -0.15) is 0 Å². The largest absolute Gasteiger partial charge is 0.496 e. The number of rotatable bonds is 7. The van der Waals surface area contributed by atoms with Crippen molar-refractivity contribution in [2.24, 2.45) is 0 Å². The molecule has 148 valence electrons. The number of carbonyl (C=O) groups excluding carboxylic acids is 1. The third kappa shape index (κ3) is 5.46. The number of benzene rings is 3. The van der Waals surface area contributed by atoms with Crippen LogP contribution in [0, 0.1) is 12.7 Å². The first-order valence-corrected chi connectivity index (χ1v) is 9.38. The average molecular weight is 411 g/mol. The topological polar surface area (TPSA) is 35.5 Å². The maximum Gasteiger partial charge on any atom is 0.185 e. The summed E-state index contributed by atoms with van der Waals surface area (Å²) < 4.78 is 24.3. The van der Waals surface area contributed by atoms with Crippen LogP contribution in [0.3, 0.4) is 0 Å². The van der Waals surface area contributed by atoms with Gasteiger partial charge in [0.15, 0.2) is 5.78 Å². The van der Waals surface area contributed by atoms with Crippen LogP contribution in [0.1, 0.15) is 27.0 Å². The quantitative estimate of drug-likeness (QED) is 0.340. The molecule has 3 nitrogen and oxygen atoms in total. The molecule has 0 heterocycles. The monoisotopic (exact) mass is 410 g/mol. The molecule has 3 rings (SSSR count). The van der Waals surface area contributed by atoms with Gasteiger partial charge < -0.3 is 9.47 Å². The number of halogens is 2. The zero-order valence-corrected chi connectivity index (χ0v) is 16.9. The van der Waals surface area contributed by atoms with E-state index in [0.717, 1.165) is 22.4 Å². The average Bonchev–Trinajstić information content (AvgIpc) is 2.72. The number of aryl methyl sites for hydroxylation is 1. The smallest absolute Gasteiger partial charge is 0.185 e. The van der Waals surface area contributed by atoms with Crippen LogP contribution in [-0.4, -0.2) is 12.9 Å². The van der Waals surface area contributed by atoms with E-state index < -0.39 is 0 Å². The van der Waals surface area contributed by atoms with E-state index in [1.54, 1.807) is 19.3 Å². The molecule has 29 heavy (non-hydrogen) atoms. The van der Waals surface area contributed by atoms with Gasteiger partial charge in [-0.3, -0.25) is 4.79 Å². The van der Waals surface area contributed by atoms with Crippen molar-refractivity contribution in [3.63, 3.8) is 0 Å². The highest BCUT2D eigenvalue weighted by molar-refractivity contribution is 6.30. The summed E-state index contributed by atoms with van der Waals surface area (Å²) in [4.78, 5) is 12.2. The van der Waals surface area contributed by atoms with Crippen molar-refractivity contribution < 1.29 is 18.7 Å². The fourth-order valence-corrected chi connectivity index (χ4v) is 3.05. The first-order chi connectivity index (χ1) is 14.0.